The number of para-hydroxylation sites is 1. The molecule has 1 aromatic heterocycles. The zero-order chi connectivity index (χ0) is 18.2. The van der Waals surface area contributed by atoms with Gasteiger partial charge in [-0.3, -0.25) is 14.4 Å². The number of anilines is 1. The number of hydrogen-bond donors (Lipinski definition) is 2. The molecule has 1 aromatic carbocycles. The summed E-state index contributed by atoms with van der Waals surface area (Å²) in [4.78, 5) is 38.0. The van der Waals surface area contributed by atoms with Crippen molar-refractivity contribution in [2.45, 2.75) is 19.8 Å². The van der Waals surface area contributed by atoms with E-state index < -0.39 is 0 Å². The third-order valence-electron chi connectivity index (χ3n) is 3.45. The van der Waals surface area contributed by atoms with E-state index in [-0.39, 0.29) is 30.4 Å². The van der Waals surface area contributed by atoms with E-state index in [0.29, 0.717) is 22.7 Å². The quantitative estimate of drug-likeness (QED) is 0.561. The van der Waals surface area contributed by atoms with Gasteiger partial charge >= 0.3 is 0 Å². The predicted molar refractivity (Wildman–Crippen MR) is 100 cm³/mol. The Morgan fingerprint density at radius 3 is 2.56 bits per heavy atom. The van der Waals surface area contributed by atoms with Gasteiger partial charge < -0.3 is 10.6 Å². The summed E-state index contributed by atoms with van der Waals surface area (Å²) < 4.78 is 0. The fraction of sp³-hybridized carbons (Fsp3) is 0.211. The van der Waals surface area contributed by atoms with Crippen molar-refractivity contribution in [3.8, 4) is 0 Å². The summed E-state index contributed by atoms with van der Waals surface area (Å²) in [6, 6.07) is 10.4. The first kappa shape index (κ1) is 18.6. The van der Waals surface area contributed by atoms with Crippen LogP contribution in [0.1, 0.15) is 37.7 Å². The number of Topliss-reactive ketones (excluding diaryl/α,β-unsaturated/α-hetero) is 1. The summed E-state index contributed by atoms with van der Waals surface area (Å²) in [6.45, 7) is 5.83. The monoisotopic (exact) mass is 356 g/mol. The summed E-state index contributed by atoms with van der Waals surface area (Å²) in [5, 5.41) is 5.38. The molecule has 0 saturated carbocycles. The van der Waals surface area contributed by atoms with Gasteiger partial charge in [0.15, 0.2) is 5.78 Å². The van der Waals surface area contributed by atoms with Crippen molar-refractivity contribution in [2.24, 2.45) is 0 Å². The second-order valence-electron chi connectivity index (χ2n) is 5.43. The Hall–Kier alpha value is -2.73. The molecule has 6 heteroatoms. The Labute approximate surface area is 150 Å². The van der Waals surface area contributed by atoms with Crippen molar-refractivity contribution in [1.29, 1.82) is 0 Å². The van der Waals surface area contributed by atoms with Gasteiger partial charge in [-0.1, -0.05) is 18.2 Å². The van der Waals surface area contributed by atoms with E-state index in [0.717, 1.165) is 4.88 Å². The molecule has 0 fully saturated rings. The molecule has 5 nitrogen and oxygen atoms in total. The Balaban J connectivity index is 1.95. The number of rotatable bonds is 8. The maximum absolute atomic E-state index is 12.1. The molecule has 2 aromatic rings. The highest BCUT2D eigenvalue weighted by Crippen LogP contribution is 2.19. The number of ketones is 1. The summed E-state index contributed by atoms with van der Waals surface area (Å²) in [5.41, 5.74) is 0.798. The largest absolute Gasteiger partial charge is 0.349 e. The molecule has 0 aliphatic heterocycles. The second-order valence-corrected chi connectivity index (χ2v) is 6.71. The molecule has 2 N–H and O–H groups in total. The Bertz CT molecular complexity index is 795. The van der Waals surface area contributed by atoms with E-state index in [4.69, 9.17) is 0 Å². The SMILES string of the molecule is C=CCNC(=O)c1ccccc1NC(=O)CCC(=O)c1ccc(C)s1. The smallest absolute Gasteiger partial charge is 0.253 e. The highest BCUT2D eigenvalue weighted by molar-refractivity contribution is 7.14. The number of hydrogen-bond acceptors (Lipinski definition) is 4. The molecular weight excluding hydrogens is 336 g/mol. The topological polar surface area (TPSA) is 75.3 Å². The lowest BCUT2D eigenvalue weighted by atomic mass is 10.1. The van der Waals surface area contributed by atoms with Crippen molar-refractivity contribution in [3.63, 3.8) is 0 Å². The first-order valence-electron chi connectivity index (χ1n) is 7.89. The van der Waals surface area contributed by atoms with Crippen LogP contribution in [0.3, 0.4) is 0 Å². The fourth-order valence-corrected chi connectivity index (χ4v) is 3.03. The van der Waals surface area contributed by atoms with Gasteiger partial charge in [-0.05, 0) is 31.2 Å². The van der Waals surface area contributed by atoms with Gasteiger partial charge in [0.25, 0.3) is 5.91 Å². The minimum atomic E-state index is -0.300. The average Bonchev–Trinajstić information content (AvgIpc) is 3.04. The normalized spacial score (nSPS) is 10.1. The summed E-state index contributed by atoms with van der Waals surface area (Å²) in [7, 11) is 0. The lowest BCUT2D eigenvalue weighted by molar-refractivity contribution is -0.116. The minimum Gasteiger partial charge on any atom is -0.349 e. The Kier molecular flexibility index (Phi) is 6.65. The lowest BCUT2D eigenvalue weighted by Gasteiger charge is -2.10. The highest BCUT2D eigenvalue weighted by atomic mass is 32.1. The molecule has 0 spiro atoms. The van der Waals surface area contributed by atoms with Gasteiger partial charge in [0, 0.05) is 24.3 Å². The van der Waals surface area contributed by atoms with E-state index in [2.05, 4.69) is 17.2 Å². The number of carbonyl (C=O) groups excluding carboxylic acids is 3. The van der Waals surface area contributed by atoms with Crippen molar-refractivity contribution in [2.75, 3.05) is 11.9 Å². The van der Waals surface area contributed by atoms with E-state index in [1.807, 2.05) is 13.0 Å². The predicted octanol–water partition coefficient (Wildman–Crippen LogP) is 3.57. The second kappa shape index (κ2) is 8.94. The maximum atomic E-state index is 12.1. The number of amides is 2. The van der Waals surface area contributed by atoms with Crippen LogP contribution in [0, 0.1) is 6.92 Å². The van der Waals surface area contributed by atoms with Crippen molar-refractivity contribution in [3.05, 3.63) is 64.4 Å². The van der Waals surface area contributed by atoms with E-state index >= 15 is 0 Å². The first-order chi connectivity index (χ1) is 12.0. The van der Waals surface area contributed by atoms with Crippen LogP contribution in [0.2, 0.25) is 0 Å². The molecule has 0 unspecified atom stereocenters. The van der Waals surface area contributed by atoms with E-state index in [1.165, 1.54) is 11.3 Å². The fourth-order valence-electron chi connectivity index (χ4n) is 2.20. The standard InChI is InChI=1S/C19H20N2O3S/c1-3-12-20-19(24)14-6-4-5-7-15(14)21-18(23)11-9-16(22)17-10-8-13(2)25-17/h3-8,10H,1,9,11-12H2,2H3,(H,20,24)(H,21,23). The van der Waals surface area contributed by atoms with Crippen LogP contribution in [0.25, 0.3) is 0 Å². The molecule has 1 heterocycles. The first-order valence-corrected chi connectivity index (χ1v) is 8.70. The van der Waals surface area contributed by atoms with Crippen LogP contribution in [-0.4, -0.2) is 24.1 Å². The molecule has 2 rings (SSSR count). The Morgan fingerprint density at radius 2 is 1.88 bits per heavy atom. The van der Waals surface area contributed by atoms with Crippen LogP contribution in [0.4, 0.5) is 5.69 Å². The number of benzene rings is 1. The number of aryl methyl sites for hydroxylation is 1. The molecule has 0 radical (unpaired) electrons. The van der Waals surface area contributed by atoms with Gasteiger partial charge in [-0.2, -0.15) is 0 Å². The van der Waals surface area contributed by atoms with Crippen LogP contribution >= 0.6 is 11.3 Å². The Morgan fingerprint density at radius 1 is 1.12 bits per heavy atom. The van der Waals surface area contributed by atoms with Gasteiger partial charge in [0.05, 0.1) is 16.1 Å². The molecule has 0 aliphatic carbocycles. The van der Waals surface area contributed by atoms with Crippen LogP contribution in [0.15, 0.2) is 49.1 Å². The molecule has 25 heavy (non-hydrogen) atoms. The van der Waals surface area contributed by atoms with Crippen LogP contribution in [0.5, 0.6) is 0 Å². The molecular formula is C19H20N2O3S. The van der Waals surface area contributed by atoms with E-state index in [1.54, 1.807) is 36.4 Å². The maximum Gasteiger partial charge on any atom is 0.253 e. The van der Waals surface area contributed by atoms with Gasteiger partial charge in [0.1, 0.15) is 0 Å². The van der Waals surface area contributed by atoms with Crippen LogP contribution in [-0.2, 0) is 4.79 Å². The number of thiophene rings is 1. The lowest BCUT2D eigenvalue weighted by Crippen LogP contribution is -2.25. The van der Waals surface area contributed by atoms with Crippen molar-refractivity contribution in [1.82, 2.24) is 5.32 Å². The molecule has 130 valence electrons. The van der Waals surface area contributed by atoms with Crippen molar-refractivity contribution < 1.29 is 14.4 Å². The summed E-state index contributed by atoms with van der Waals surface area (Å²) >= 11 is 1.42. The zero-order valence-electron chi connectivity index (χ0n) is 14.0. The molecule has 0 atom stereocenters. The molecule has 0 bridgehead atoms. The molecule has 0 saturated heterocycles. The van der Waals surface area contributed by atoms with Gasteiger partial charge in [0.2, 0.25) is 5.91 Å². The molecule has 2 amide bonds. The van der Waals surface area contributed by atoms with Crippen LogP contribution < -0.4 is 10.6 Å². The average molecular weight is 356 g/mol. The van der Waals surface area contributed by atoms with Gasteiger partial charge in [-0.25, -0.2) is 0 Å². The summed E-state index contributed by atoms with van der Waals surface area (Å²) in [5.74, 6) is -0.642. The zero-order valence-corrected chi connectivity index (χ0v) is 14.8. The number of carbonyl (C=O) groups is 3. The molecule has 0 aliphatic rings. The summed E-state index contributed by atoms with van der Waals surface area (Å²) in [6.07, 6.45) is 1.78. The van der Waals surface area contributed by atoms with E-state index in [9.17, 15) is 14.4 Å². The third-order valence-corrected chi connectivity index (χ3v) is 4.49. The highest BCUT2D eigenvalue weighted by Gasteiger charge is 2.14. The van der Waals surface area contributed by atoms with Crippen molar-refractivity contribution >= 4 is 34.6 Å². The number of nitrogens with one attached hydrogen (secondary N) is 2. The van der Waals surface area contributed by atoms with Gasteiger partial charge in [-0.15, -0.1) is 17.9 Å². The third kappa shape index (κ3) is 5.39. The minimum absolute atomic E-state index is 0.0507.